The number of carbonyl (C=O) groups excluding carboxylic acids is 1. The summed E-state index contributed by atoms with van der Waals surface area (Å²) in [5.74, 6) is -0.945. The number of hydrogen-bond acceptors (Lipinski definition) is 6. The summed E-state index contributed by atoms with van der Waals surface area (Å²) in [7, 11) is 1.96. The number of aromatic nitrogens is 2. The minimum atomic E-state index is -4.92. The van der Waals surface area contributed by atoms with Crippen molar-refractivity contribution in [2.75, 3.05) is 48.8 Å². The molecule has 5 rings (SSSR count). The molecule has 2 aliphatic rings. The monoisotopic (exact) mass is 572 g/mol. The van der Waals surface area contributed by atoms with Gasteiger partial charge < -0.3 is 25.4 Å². The van der Waals surface area contributed by atoms with Crippen LogP contribution in [0.2, 0.25) is 0 Å². The van der Waals surface area contributed by atoms with Gasteiger partial charge in [-0.15, -0.1) is 0 Å². The number of hydrogen-bond donors (Lipinski definition) is 3. The summed E-state index contributed by atoms with van der Waals surface area (Å²) >= 11 is 0. The standard InChI is InChI=1S/C29H32F4N6O2/c1-38-9-11-39(12-10-38)25-15-23(30)20(18-7-8-26(34-16-18)36-19-5-3-2-4-6-19)13-24(25)37-28(41)21-17-35-27(40)14-22(21)29(31,32)33/h7-8,13-17,19H,2-6,9-12H2,1H3,(H,34,36)(H,35,40)(H,37,41). The van der Waals surface area contributed by atoms with E-state index in [2.05, 4.69) is 25.5 Å². The molecule has 1 amide bonds. The minimum Gasteiger partial charge on any atom is -0.367 e. The average molecular weight is 573 g/mol. The van der Waals surface area contributed by atoms with E-state index >= 15 is 4.39 Å². The zero-order chi connectivity index (χ0) is 29.1. The van der Waals surface area contributed by atoms with E-state index in [1.807, 2.05) is 11.9 Å². The molecule has 12 heteroatoms. The summed E-state index contributed by atoms with van der Waals surface area (Å²) in [6.07, 6.45) is 3.05. The molecule has 3 aromatic rings. The Morgan fingerprint density at radius 2 is 1.78 bits per heavy atom. The van der Waals surface area contributed by atoms with Crippen molar-refractivity contribution in [3.8, 4) is 11.1 Å². The Labute approximate surface area is 234 Å². The van der Waals surface area contributed by atoms with Crippen LogP contribution < -0.4 is 21.1 Å². The Morgan fingerprint density at radius 1 is 1.05 bits per heavy atom. The number of anilines is 3. The van der Waals surface area contributed by atoms with Crippen molar-refractivity contribution in [1.82, 2.24) is 14.9 Å². The number of benzene rings is 1. The smallest absolute Gasteiger partial charge is 0.367 e. The quantitative estimate of drug-likeness (QED) is 0.345. The van der Waals surface area contributed by atoms with Crippen molar-refractivity contribution < 1.29 is 22.4 Å². The number of amides is 1. The largest absolute Gasteiger partial charge is 0.417 e. The van der Waals surface area contributed by atoms with E-state index in [-0.39, 0.29) is 11.3 Å². The van der Waals surface area contributed by atoms with E-state index in [4.69, 9.17) is 0 Å². The first-order chi connectivity index (χ1) is 19.6. The number of halogens is 4. The molecule has 0 unspecified atom stereocenters. The van der Waals surface area contributed by atoms with Gasteiger partial charge in [-0.2, -0.15) is 13.2 Å². The number of aromatic amines is 1. The number of rotatable bonds is 6. The Balaban J connectivity index is 1.48. The van der Waals surface area contributed by atoms with Gasteiger partial charge in [0.05, 0.1) is 22.5 Å². The minimum absolute atomic E-state index is 0.146. The molecule has 1 aliphatic carbocycles. The molecular weight excluding hydrogens is 540 g/mol. The highest BCUT2D eigenvalue weighted by Gasteiger charge is 2.36. The summed E-state index contributed by atoms with van der Waals surface area (Å²) in [6.45, 7) is 2.45. The van der Waals surface area contributed by atoms with E-state index in [0.29, 0.717) is 55.4 Å². The van der Waals surface area contributed by atoms with Crippen LogP contribution in [0.4, 0.5) is 34.8 Å². The summed E-state index contributed by atoms with van der Waals surface area (Å²) in [5, 5.41) is 5.97. The molecule has 0 spiro atoms. The highest BCUT2D eigenvalue weighted by atomic mass is 19.4. The first kappa shape index (κ1) is 28.6. The maximum absolute atomic E-state index is 15.6. The van der Waals surface area contributed by atoms with E-state index in [1.165, 1.54) is 37.6 Å². The van der Waals surface area contributed by atoms with Gasteiger partial charge in [0.2, 0.25) is 5.56 Å². The van der Waals surface area contributed by atoms with E-state index in [9.17, 15) is 22.8 Å². The van der Waals surface area contributed by atoms with E-state index < -0.39 is 34.6 Å². The molecule has 1 aliphatic heterocycles. The second-order valence-electron chi connectivity index (χ2n) is 10.6. The van der Waals surface area contributed by atoms with Crippen LogP contribution in [0.1, 0.15) is 48.0 Å². The van der Waals surface area contributed by atoms with Crippen LogP contribution in [0.3, 0.4) is 0 Å². The molecule has 3 N–H and O–H groups in total. The first-order valence-corrected chi connectivity index (χ1v) is 13.7. The molecule has 0 radical (unpaired) electrons. The molecule has 2 fully saturated rings. The summed E-state index contributed by atoms with van der Waals surface area (Å²) in [5.41, 5.74) is -1.97. The fraction of sp³-hybridized carbons (Fsp3) is 0.414. The summed E-state index contributed by atoms with van der Waals surface area (Å²) < 4.78 is 56.5. The number of H-pyrrole nitrogens is 1. The third kappa shape index (κ3) is 6.70. The second kappa shape index (κ2) is 11.9. The van der Waals surface area contributed by atoms with Gasteiger partial charge >= 0.3 is 6.18 Å². The molecule has 3 heterocycles. The molecule has 1 saturated carbocycles. The second-order valence-corrected chi connectivity index (χ2v) is 10.6. The number of piperazine rings is 1. The number of carbonyl (C=O) groups is 1. The van der Waals surface area contributed by atoms with Crippen molar-refractivity contribution in [3.63, 3.8) is 0 Å². The lowest BCUT2D eigenvalue weighted by atomic mass is 9.95. The number of nitrogens with zero attached hydrogens (tertiary/aromatic N) is 3. The fourth-order valence-corrected chi connectivity index (χ4v) is 5.37. The van der Waals surface area contributed by atoms with Crippen LogP contribution in [0.15, 0.2) is 47.5 Å². The number of likely N-dealkylation sites (N-methyl/N-ethyl adjacent to an activating group) is 1. The Bertz CT molecular complexity index is 1440. The number of nitrogens with one attached hydrogen (secondary N) is 3. The van der Waals surface area contributed by atoms with Gasteiger partial charge in [0, 0.05) is 61.8 Å². The van der Waals surface area contributed by atoms with Crippen LogP contribution in [-0.4, -0.2) is 60.0 Å². The van der Waals surface area contributed by atoms with Crippen molar-refractivity contribution in [2.24, 2.45) is 0 Å². The van der Waals surface area contributed by atoms with E-state index in [1.54, 1.807) is 12.1 Å². The third-order valence-electron chi connectivity index (χ3n) is 7.68. The van der Waals surface area contributed by atoms with Crippen LogP contribution >= 0.6 is 0 Å². The highest BCUT2D eigenvalue weighted by molar-refractivity contribution is 6.07. The summed E-state index contributed by atoms with van der Waals surface area (Å²) in [6, 6.07) is 6.90. The van der Waals surface area contributed by atoms with Gasteiger partial charge in [-0.25, -0.2) is 9.37 Å². The lowest BCUT2D eigenvalue weighted by molar-refractivity contribution is -0.138. The molecule has 1 aromatic carbocycles. The molecule has 1 saturated heterocycles. The van der Waals surface area contributed by atoms with Gasteiger partial charge in [0.1, 0.15) is 11.6 Å². The zero-order valence-corrected chi connectivity index (χ0v) is 22.7. The van der Waals surface area contributed by atoms with Crippen LogP contribution in [0, 0.1) is 5.82 Å². The van der Waals surface area contributed by atoms with Crippen molar-refractivity contribution >= 4 is 23.1 Å². The van der Waals surface area contributed by atoms with Crippen molar-refractivity contribution in [3.05, 3.63) is 70.0 Å². The van der Waals surface area contributed by atoms with Gasteiger partial charge in [0.25, 0.3) is 5.91 Å². The van der Waals surface area contributed by atoms with E-state index in [0.717, 1.165) is 19.0 Å². The number of alkyl halides is 3. The normalized spacial score (nSPS) is 17.0. The molecule has 0 bridgehead atoms. The van der Waals surface area contributed by atoms with Gasteiger partial charge in [-0.1, -0.05) is 19.3 Å². The fourth-order valence-electron chi connectivity index (χ4n) is 5.37. The van der Waals surface area contributed by atoms with Gasteiger partial charge in [-0.05, 0) is 44.2 Å². The Kier molecular flexibility index (Phi) is 8.30. The van der Waals surface area contributed by atoms with Crippen LogP contribution in [0.25, 0.3) is 11.1 Å². The van der Waals surface area contributed by atoms with Crippen molar-refractivity contribution in [2.45, 2.75) is 44.3 Å². The molecule has 0 atom stereocenters. The summed E-state index contributed by atoms with van der Waals surface area (Å²) in [4.78, 5) is 35.3. The molecule has 218 valence electrons. The Hall–Kier alpha value is -3.93. The number of pyridine rings is 2. The van der Waals surface area contributed by atoms with Crippen LogP contribution in [0.5, 0.6) is 0 Å². The lowest BCUT2D eigenvalue weighted by Crippen LogP contribution is -2.44. The van der Waals surface area contributed by atoms with Crippen LogP contribution in [-0.2, 0) is 6.18 Å². The lowest BCUT2D eigenvalue weighted by Gasteiger charge is -2.35. The molecular formula is C29H32F4N6O2. The van der Waals surface area contributed by atoms with Gasteiger partial charge in [-0.3, -0.25) is 9.59 Å². The highest BCUT2D eigenvalue weighted by Crippen LogP contribution is 2.36. The Morgan fingerprint density at radius 3 is 2.44 bits per heavy atom. The molecule has 41 heavy (non-hydrogen) atoms. The predicted molar refractivity (Wildman–Crippen MR) is 150 cm³/mol. The maximum atomic E-state index is 15.6. The SMILES string of the molecule is CN1CCN(c2cc(F)c(-c3ccc(NC4CCCCC4)nc3)cc2NC(=O)c2c[nH]c(=O)cc2C(F)(F)F)CC1. The van der Waals surface area contributed by atoms with Crippen molar-refractivity contribution in [1.29, 1.82) is 0 Å². The topological polar surface area (TPSA) is 93.4 Å². The first-order valence-electron chi connectivity index (χ1n) is 13.7. The molecule has 8 nitrogen and oxygen atoms in total. The third-order valence-corrected chi connectivity index (χ3v) is 7.68. The molecule has 2 aromatic heterocycles. The maximum Gasteiger partial charge on any atom is 0.417 e. The van der Waals surface area contributed by atoms with Gasteiger partial charge in [0.15, 0.2) is 0 Å². The predicted octanol–water partition coefficient (Wildman–Crippen LogP) is 5.34. The average Bonchev–Trinajstić information content (AvgIpc) is 2.95. The zero-order valence-electron chi connectivity index (χ0n) is 22.7.